The highest BCUT2D eigenvalue weighted by Crippen LogP contribution is 2.28. The number of hydrogen-bond donors (Lipinski definition) is 2. The fraction of sp³-hybridized carbons (Fsp3) is 0.308. The summed E-state index contributed by atoms with van der Waals surface area (Å²) in [5.41, 5.74) is 1.36. The van der Waals surface area contributed by atoms with Crippen LogP contribution in [0.1, 0.15) is 12.0 Å². The molecule has 1 fully saturated rings. The molecule has 0 unspecified atom stereocenters. The third-order valence-corrected chi connectivity index (χ3v) is 3.34. The molecule has 1 saturated heterocycles. The Kier molecular flexibility index (Phi) is 2.69. The van der Waals surface area contributed by atoms with Crippen molar-refractivity contribution in [1.82, 2.24) is 9.97 Å². The Labute approximate surface area is 108 Å². The molecule has 0 amide bonds. The van der Waals surface area contributed by atoms with E-state index in [1.165, 1.54) is 0 Å². The quantitative estimate of drug-likeness (QED) is 0.768. The second-order valence-corrected chi connectivity index (χ2v) is 4.58. The Morgan fingerprint density at radius 2 is 2.42 bits per heavy atom. The Morgan fingerprint density at radius 3 is 3.11 bits per heavy atom. The summed E-state index contributed by atoms with van der Waals surface area (Å²) < 4.78 is 0. The van der Waals surface area contributed by atoms with Crippen LogP contribution in [0.15, 0.2) is 23.1 Å². The SMILES string of the molecule is N#Cc1c(N2CC[C@H](O)C2)c2ncccc2[nH]c1=O. The first-order chi connectivity index (χ1) is 9.20. The fourth-order valence-electron chi connectivity index (χ4n) is 2.46. The zero-order valence-electron chi connectivity index (χ0n) is 10.1. The molecule has 2 aromatic rings. The van der Waals surface area contributed by atoms with Gasteiger partial charge in [0.25, 0.3) is 5.56 Å². The monoisotopic (exact) mass is 256 g/mol. The molecule has 0 aliphatic carbocycles. The Bertz CT molecular complexity index is 731. The van der Waals surface area contributed by atoms with Crippen molar-refractivity contribution in [1.29, 1.82) is 5.26 Å². The third kappa shape index (κ3) is 1.84. The smallest absolute Gasteiger partial charge is 0.268 e. The zero-order valence-corrected chi connectivity index (χ0v) is 10.1. The van der Waals surface area contributed by atoms with Crippen molar-refractivity contribution in [3.8, 4) is 6.07 Å². The van der Waals surface area contributed by atoms with Crippen molar-refractivity contribution in [3.63, 3.8) is 0 Å². The van der Waals surface area contributed by atoms with Crippen molar-refractivity contribution in [2.45, 2.75) is 12.5 Å². The summed E-state index contributed by atoms with van der Waals surface area (Å²) in [7, 11) is 0. The number of fused-ring (bicyclic) bond motifs is 1. The number of nitrogens with one attached hydrogen (secondary N) is 1. The van der Waals surface area contributed by atoms with Gasteiger partial charge in [-0.3, -0.25) is 9.78 Å². The van der Waals surface area contributed by atoms with Crippen molar-refractivity contribution >= 4 is 16.7 Å². The minimum atomic E-state index is -0.426. The lowest BCUT2D eigenvalue weighted by Crippen LogP contribution is -2.26. The summed E-state index contributed by atoms with van der Waals surface area (Å²) >= 11 is 0. The van der Waals surface area contributed by atoms with E-state index in [-0.39, 0.29) is 5.56 Å². The van der Waals surface area contributed by atoms with E-state index in [1.54, 1.807) is 18.3 Å². The van der Waals surface area contributed by atoms with Crippen molar-refractivity contribution in [2.75, 3.05) is 18.0 Å². The minimum Gasteiger partial charge on any atom is -0.391 e. The van der Waals surface area contributed by atoms with Crippen LogP contribution < -0.4 is 10.5 Å². The molecule has 0 spiro atoms. The van der Waals surface area contributed by atoms with Crippen LogP contribution in [0.4, 0.5) is 5.69 Å². The number of nitriles is 1. The van der Waals surface area contributed by atoms with E-state index < -0.39 is 11.7 Å². The summed E-state index contributed by atoms with van der Waals surface area (Å²) in [6.45, 7) is 1.04. The number of anilines is 1. The lowest BCUT2D eigenvalue weighted by Gasteiger charge is -2.20. The van der Waals surface area contributed by atoms with Gasteiger partial charge in [-0.15, -0.1) is 0 Å². The Morgan fingerprint density at radius 1 is 1.58 bits per heavy atom. The third-order valence-electron chi connectivity index (χ3n) is 3.34. The van der Waals surface area contributed by atoms with Gasteiger partial charge in [0.15, 0.2) is 0 Å². The number of pyridine rings is 2. The minimum absolute atomic E-state index is 0.0558. The molecule has 3 rings (SSSR count). The summed E-state index contributed by atoms with van der Waals surface area (Å²) in [4.78, 5) is 20.7. The number of aromatic amines is 1. The van der Waals surface area contributed by atoms with E-state index >= 15 is 0 Å². The van der Waals surface area contributed by atoms with Crippen LogP contribution >= 0.6 is 0 Å². The molecule has 6 heteroatoms. The summed E-state index contributed by atoms with van der Waals surface area (Å²) in [5, 5.41) is 18.8. The molecule has 3 heterocycles. The Hall–Kier alpha value is -2.39. The molecule has 96 valence electrons. The predicted octanol–water partition coefficient (Wildman–Crippen LogP) is 0.366. The van der Waals surface area contributed by atoms with Gasteiger partial charge >= 0.3 is 0 Å². The standard InChI is InChI=1S/C13H12N4O2/c14-6-9-12(17-5-3-8(18)7-17)11-10(16-13(9)19)2-1-4-15-11/h1-2,4,8,18H,3,5,7H2,(H,16,19)/t8-/m0/s1. The normalized spacial score (nSPS) is 18.7. The van der Waals surface area contributed by atoms with Crippen LogP contribution in [0.3, 0.4) is 0 Å². The highest BCUT2D eigenvalue weighted by atomic mass is 16.3. The second kappa shape index (κ2) is 4.37. The lowest BCUT2D eigenvalue weighted by molar-refractivity contribution is 0.198. The molecule has 0 aromatic carbocycles. The predicted molar refractivity (Wildman–Crippen MR) is 69.9 cm³/mol. The maximum atomic E-state index is 11.9. The number of hydrogen-bond acceptors (Lipinski definition) is 5. The van der Waals surface area contributed by atoms with Crippen LogP contribution in [-0.4, -0.2) is 34.3 Å². The van der Waals surface area contributed by atoms with Crippen LogP contribution in [0.25, 0.3) is 11.0 Å². The second-order valence-electron chi connectivity index (χ2n) is 4.58. The van der Waals surface area contributed by atoms with E-state index in [0.29, 0.717) is 36.2 Å². The van der Waals surface area contributed by atoms with Gasteiger partial charge in [0.2, 0.25) is 0 Å². The number of β-amino-alcohol motifs (C(OH)–C–C–N with tert-alkyl or cyclic N) is 1. The van der Waals surface area contributed by atoms with Crippen LogP contribution in [-0.2, 0) is 0 Å². The number of aliphatic hydroxyl groups is 1. The fourth-order valence-corrected chi connectivity index (χ4v) is 2.46. The molecule has 1 atom stereocenters. The van der Waals surface area contributed by atoms with Gasteiger partial charge in [-0.2, -0.15) is 5.26 Å². The molecule has 0 saturated carbocycles. The van der Waals surface area contributed by atoms with E-state index in [0.717, 1.165) is 0 Å². The molecule has 6 nitrogen and oxygen atoms in total. The average Bonchev–Trinajstić information content (AvgIpc) is 2.83. The maximum absolute atomic E-state index is 11.9. The molecular weight excluding hydrogens is 244 g/mol. The summed E-state index contributed by atoms with van der Waals surface area (Å²) in [6, 6.07) is 5.42. The zero-order chi connectivity index (χ0) is 13.4. The molecule has 1 aliphatic rings. The topological polar surface area (TPSA) is 93.0 Å². The maximum Gasteiger partial charge on any atom is 0.268 e. The Balaban J connectivity index is 2.31. The van der Waals surface area contributed by atoms with Crippen LogP contribution in [0, 0.1) is 11.3 Å². The van der Waals surface area contributed by atoms with Crippen LogP contribution in [0.5, 0.6) is 0 Å². The first-order valence-electron chi connectivity index (χ1n) is 6.05. The number of nitrogens with zero attached hydrogens (tertiary/aromatic N) is 3. The van der Waals surface area contributed by atoms with E-state index in [1.807, 2.05) is 11.0 Å². The molecule has 2 N–H and O–H groups in total. The number of rotatable bonds is 1. The largest absolute Gasteiger partial charge is 0.391 e. The van der Waals surface area contributed by atoms with Gasteiger partial charge < -0.3 is 15.0 Å². The van der Waals surface area contributed by atoms with Gasteiger partial charge in [-0.1, -0.05) is 0 Å². The molecular formula is C13H12N4O2. The highest BCUT2D eigenvalue weighted by Gasteiger charge is 2.26. The summed E-state index contributed by atoms with van der Waals surface area (Å²) in [6.07, 6.45) is 1.83. The number of aliphatic hydroxyl groups excluding tert-OH is 1. The molecule has 0 radical (unpaired) electrons. The van der Waals surface area contributed by atoms with Crippen molar-refractivity contribution in [3.05, 3.63) is 34.2 Å². The van der Waals surface area contributed by atoms with E-state index in [2.05, 4.69) is 9.97 Å². The van der Waals surface area contributed by atoms with Crippen LogP contribution in [0.2, 0.25) is 0 Å². The van der Waals surface area contributed by atoms with Gasteiger partial charge in [0, 0.05) is 19.3 Å². The van der Waals surface area contributed by atoms with Gasteiger partial charge in [0.1, 0.15) is 17.1 Å². The first kappa shape index (κ1) is 11.7. The highest BCUT2D eigenvalue weighted by molar-refractivity contribution is 5.91. The van der Waals surface area contributed by atoms with Crippen molar-refractivity contribution < 1.29 is 5.11 Å². The molecule has 1 aliphatic heterocycles. The van der Waals surface area contributed by atoms with Crippen molar-refractivity contribution in [2.24, 2.45) is 0 Å². The number of H-pyrrole nitrogens is 1. The average molecular weight is 256 g/mol. The van der Waals surface area contributed by atoms with Gasteiger partial charge in [-0.05, 0) is 18.6 Å². The van der Waals surface area contributed by atoms with E-state index in [9.17, 15) is 15.2 Å². The van der Waals surface area contributed by atoms with Gasteiger partial charge in [-0.25, -0.2) is 0 Å². The van der Waals surface area contributed by atoms with Gasteiger partial charge in [0.05, 0.1) is 17.3 Å². The van der Waals surface area contributed by atoms with E-state index in [4.69, 9.17) is 0 Å². The number of aromatic nitrogens is 2. The summed E-state index contributed by atoms with van der Waals surface area (Å²) in [5.74, 6) is 0. The lowest BCUT2D eigenvalue weighted by atomic mass is 10.1. The first-order valence-corrected chi connectivity index (χ1v) is 6.05. The molecule has 2 aromatic heterocycles. The molecule has 19 heavy (non-hydrogen) atoms. The molecule has 0 bridgehead atoms.